The minimum Gasteiger partial charge on any atom is -0.447 e. The van der Waals surface area contributed by atoms with Gasteiger partial charge in [0.05, 0.1) is 24.4 Å². The summed E-state index contributed by atoms with van der Waals surface area (Å²) in [5.74, 6) is -2.17. The first-order chi connectivity index (χ1) is 19.0. The van der Waals surface area contributed by atoms with E-state index in [1.54, 1.807) is 0 Å². The Kier molecular flexibility index (Phi) is 12.8. The van der Waals surface area contributed by atoms with Gasteiger partial charge in [-0.1, -0.05) is 34.6 Å². The number of hydrogen-bond donors (Lipinski definition) is 6. The van der Waals surface area contributed by atoms with Gasteiger partial charge in [0.2, 0.25) is 5.79 Å². The summed E-state index contributed by atoms with van der Waals surface area (Å²) in [6, 6.07) is 0. The molecule has 2 fully saturated rings. The SMILES string of the molecule is CO[C@H](NC(=O)[C@@H](O)[C@@]1(OC)CC(C)(C)[C@@H](C)[C@@H](C)O1)C1C[C@@H](O)C(C)(C)[C@@H](C[C@H](O)COC(=O)NCCCN)O1. The number of carbonyl (C=O) groups excluding carboxylic acids is 2. The fourth-order valence-corrected chi connectivity index (χ4v) is 5.57. The number of nitrogens with one attached hydrogen (secondary N) is 2. The van der Waals surface area contributed by atoms with Gasteiger partial charge in [0.1, 0.15) is 12.7 Å². The highest BCUT2D eigenvalue weighted by molar-refractivity contribution is 5.82. The van der Waals surface area contributed by atoms with Crippen molar-refractivity contribution in [2.45, 2.75) is 116 Å². The third-order valence-corrected chi connectivity index (χ3v) is 8.94. The summed E-state index contributed by atoms with van der Waals surface area (Å²) in [4.78, 5) is 25.1. The Morgan fingerprint density at radius 1 is 1.15 bits per heavy atom. The number of carbonyl (C=O) groups is 2. The van der Waals surface area contributed by atoms with Crippen LogP contribution in [0.15, 0.2) is 0 Å². The summed E-state index contributed by atoms with van der Waals surface area (Å²) < 4.78 is 28.6. The molecule has 9 atom stereocenters. The van der Waals surface area contributed by atoms with E-state index in [1.165, 1.54) is 14.2 Å². The Bertz CT molecular complexity index is 859. The van der Waals surface area contributed by atoms with Crippen molar-refractivity contribution in [1.82, 2.24) is 10.6 Å². The minimum atomic E-state index is -1.67. The normalized spacial score (nSPS) is 33.3. The fraction of sp³-hybridized carbons (Fsp3) is 0.929. The first kappa shape index (κ1) is 35.6. The van der Waals surface area contributed by atoms with Gasteiger partial charge in [0.15, 0.2) is 12.3 Å². The molecule has 2 saturated heterocycles. The predicted molar refractivity (Wildman–Crippen MR) is 150 cm³/mol. The molecule has 240 valence electrons. The lowest BCUT2D eigenvalue weighted by Gasteiger charge is -2.51. The van der Waals surface area contributed by atoms with Crippen molar-refractivity contribution in [2.24, 2.45) is 22.5 Å². The number of ether oxygens (including phenoxy) is 5. The molecular formula is C28H53N3O10. The average Bonchev–Trinajstić information content (AvgIpc) is 2.91. The highest BCUT2D eigenvalue weighted by atomic mass is 16.7. The van der Waals surface area contributed by atoms with Crippen molar-refractivity contribution >= 4 is 12.0 Å². The summed E-state index contributed by atoms with van der Waals surface area (Å²) in [6.07, 6.45) is -5.99. The maximum absolute atomic E-state index is 13.3. The molecule has 2 aliphatic rings. The summed E-state index contributed by atoms with van der Waals surface area (Å²) in [6.45, 7) is 12.2. The van der Waals surface area contributed by atoms with Gasteiger partial charge in [-0.3, -0.25) is 4.79 Å². The second kappa shape index (κ2) is 14.7. The van der Waals surface area contributed by atoms with E-state index in [0.29, 0.717) is 19.5 Å². The van der Waals surface area contributed by atoms with Crippen LogP contribution < -0.4 is 16.4 Å². The highest BCUT2D eigenvalue weighted by Gasteiger charge is 2.55. The van der Waals surface area contributed by atoms with Crippen LogP contribution >= 0.6 is 0 Å². The average molecular weight is 592 g/mol. The van der Waals surface area contributed by atoms with Crippen molar-refractivity contribution in [3.63, 3.8) is 0 Å². The van der Waals surface area contributed by atoms with Crippen LogP contribution in [-0.2, 0) is 28.5 Å². The molecule has 41 heavy (non-hydrogen) atoms. The van der Waals surface area contributed by atoms with Crippen molar-refractivity contribution in [3.05, 3.63) is 0 Å². The van der Waals surface area contributed by atoms with E-state index in [4.69, 9.17) is 29.4 Å². The van der Waals surface area contributed by atoms with Gasteiger partial charge in [-0.2, -0.15) is 0 Å². The largest absolute Gasteiger partial charge is 0.447 e. The Labute approximate surface area is 243 Å². The molecule has 0 radical (unpaired) electrons. The molecule has 2 rings (SSSR count). The fourth-order valence-electron chi connectivity index (χ4n) is 5.57. The molecule has 2 heterocycles. The van der Waals surface area contributed by atoms with Crippen LogP contribution in [0.5, 0.6) is 0 Å². The quantitative estimate of drug-likeness (QED) is 0.130. The molecule has 2 aliphatic heterocycles. The van der Waals surface area contributed by atoms with Crippen molar-refractivity contribution in [1.29, 1.82) is 0 Å². The van der Waals surface area contributed by atoms with E-state index in [-0.39, 0.29) is 43.3 Å². The third-order valence-electron chi connectivity index (χ3n) is 8.94. The molecule has 0 aromatic heterocycles. The Morgan fingerprint density at radius 3 is 2.37 bits per heavy atom. The van der Waals surface area contributed by atoms with E-state index in [2.05, 4.69) is 17.6 Å². The van der Waals surface area contributed by atoms with Crippen LogP contribution in [0, 0.1) is 16.7 Å². The maximum Gasteiger partial charge on any atom is 0.407 e. The molecular weight excluding hydrogens is 538 g/mol. The minimum absolute atomic E-state index is 0.0510. The number of hydrogen-bond acceptors (Lipinski definition) is 11. The second-order valence-corrected chi connectivity index (χ2v) is 12.7. The van der Waals surface area contributed by atoms with Crippen molar-refractivity contribution in [2.75, 3.05) is 33.9 Å². The molecule has 0 saturated carbocycles. The van der Waals surface area contributed by atoms with Gasteiger partial charge >= 0.3 is 6.09 Å². The first-order valence-corrected chi connectivity index (χ1v) is 14.4. The third kappa shape index (κ3) is 8.73. The van der Waals surface area contributed by atoms with Gasteiger partial charge in [0.25, 0.3) is 5.91 Å². The number of aliphatic hydroxyl groups is 3. The number of amides is 2. The van der Waals surface area contributed by atoms with E-state index in [0.717, 1.165) is 0 Å². The first-order valence-electron chi connectivity index (χ1n) is 14.4. The summed E-state index contributed by atoms with van der Waals surface area (Å²) in [7, 11) is 2.78. The van der Waals surface area contributed by atoms with E-state index < -0.39 is 60.0 Å². The van der Waals surface area contributed by atoms with E-state index in [9.17, 15) is 24.9 Å². The Hall–Kier alpha value is -1.58. The van der Waals surface area contributed by atoms with Crippen LogP contribution in [0.25, 0.3) is 0 Å². The van der Waals surface area contributed by atoms with Crippen LogP contribution in [0.3, 0.4) is 0 Å². The van der Waals surface area contributed by atoms with Crippen molar-refractivity contribution < 1.29 is 48.6 Å². The number of aliphatic hydroxyl groups excluding tert-OH is 3. The second-order valence-electron chi connectivity index (χ2n) is 12.7. The Morgan fingerprint density at radius 2 is 1.80 bits per heavy atom. The molecule has 2 amide bonds. The summed E-state index contributed by atoms with van der Waals surface area (Å²) in [5, 5.41) is 37.9. The monoisotopic (exact) mass is 591 g/mol. The lowest BCUT2D eigenvalue weighted by Crippen LogP contribution is -2.64. The van der Waals surface area contributed by atoms with Crippen LogP contribution in [-0.4, -0.2) is 110 Å². The lowest BCUT2D eigenvalue weighted by molar-refractivity contribution is -0.330. The van der Waals surface area contributed by atoms with Gasteiger partial charge in [0, 0.05) is 45.4 Å². The number of nitrogens with two attached hydrogens (primary N) is 1. The van der Waals surface area contributed by atoms with E-state index in [1.807, 2.05) is 34.6 Å². The van der Waals surface area contributed by atoms with E-state index >= 15 is 0 Å². The van der Waals surface area contributed by atoms with Crippen molar-refractivity contribution in [3.8, 4) is 0 Å². The smallest absolute Gasteiger partial charge is 0.407 e. The molecule has 13 nitrogen and oxygen atoms in total. The standard InChI is InChI=1S/C28H53N3O10/c1-16-17(2)41-28(38-8,15-26(16,3)4)22(34)23(35)31-24(37-7)19-13-20(33)27(5,6)21(40-19)12-18(32)14-39-25(36)30-11-9-10-29/h16-22,24,32-34H,9-15,29H2,1-8H3,(H,30,36)(H,31,35)/t16-,17+,18-,19?,20+,21+,22+,24-,28+/m0/s1. The number of methoxy groups -OCH3 is 2. The van der Waals surface area contributed by atoms with Crippen LogP contribution in [0.4, 0.5) is 4.79 Å². The van der Waals surface area contributed by atoms with Gasteiger partial charge in [-0.25, -0.2) is 4.79 Å². The van der Waals surface area contributed by atoms with Gasteiger partial charge < -0.3 is 55.4 Å². The van der Waals surface area contributed by atoms with Crippen LogP contribution in [0.1, 0.15) is 67.2 Å². The molecule has 1 unspecified atom stereocenters. The topological polar surface area (TPSA) is 191 Å². The lowest BCUT2D eigenvalue weighted by atomic mass is 9.69. The molecule has 0 bridgehead atoms. The van der Waals surface area contributed by atoms with Crippen LogP contribution in [0.2, 0.25) is 0 Å². The van der Waals surface area contributed by atoms with Gasteiger partial charge in [-0.05, 0) is 31.2 Å². The zero-order chi connectivity index (χ0) is 31.2. The zero-order valence-electron chi connectivity index (χ0n) is 25.8. The molecule has 0 aromatic rings. The summed E-state index contributed by atoms with van der Waals surface area (Å²) >= 11 is 0. The summed E-state index contributed by atoms with van der Waals surface area (Å²) in [5.41, 5.74) is 4.36. The molecule has 13 heteroatoms. The zero-order valence-corrected chi connectivity index (χ0v) is 25.8. The number of rotatable bonds is 13. The Balaban J connectivity index is 2.08. The molecule has 0 aromatic carbocycles. The predicted octanol–water partition coefficient (Wildman–Crippen LogP) is 0.620. The van der Waals surface area contributed by atoms with Gasteiger partial charge in [-0.15, -0.1) is 0 Å². The molecule has 0 spiro atoms. The molecule has 0 aliphatic carbocycles. The highest BCUT2D eigenvalue weighted by Crippen LogP contribution is 2.47. The maximum atomic E-state index is 13.3. The molecule has 7 N–H and O–H groups in total. The number of alkyl carbamates (subject to hydrolysis) is 1.